The first kappa shape index (κ1) is 14.9. The van der Waals surface area contributed by atoms with E-state index in [2.05, 4.69) is 43.4 Å². The van der Waals surface area contributed by atoms with Gasteiger partial charge in [0.15, 0.2) is 0 Å². The van der Waals surface area contributed by atoms with Gasteiger partial charge in [-0.3, -0.25) is 0 Å². The van der Waals surface area contributed by atoms with E-state index >= 15 is 0 Å². The van der Waals surface area contributed by atoms with Crippen LogP contribution in [0.4, 0.5) is 0 Å². The second kappa shape index (κ2) is 6.78. The van der Waals surface area contributed by atoms with Crippen molar-refractivity contribution in [2.45, 2.75) is 19.9 Å². The average molecular weight is 290 g/mol. The standard InChI is InChI=1S/C17H20ClNO/c1-4-19-17(14-8-6-5-7-12(14)2)15-11-13(18)9-10-16(15)20-3/h5-11,17,19H,4H2,1-3H3. The molecule has 2 rings (SSSR count). The predicted octanol–water partition coefficient (Wildman–Crippen LogP) is 4.36. The normalized spacial score (nSPS) is 12.2. The van der Waals surface area contributed by atoms with Gasteiger partial charge in [-0.25, -0.2) is 0 Å². The van der Waals surface area contributed by atoms with Gasteiger partial charge in [-0.15, -0.1) is 0 Å². The van der Waals surface area contributed by atoms with Crippen LogP contribution in [-0.2, 0) is 0 Å². The number of aryl methyl sites for hydroxylation is 1. The number of benzene rings is 2. The summed E-state index contributed by atoms with van der Waals surface area (Å²) in [6, 6.07) is 14.2. The Bertz CT molecular complexity index is 583. The zero-order valence-corrected chi connectivity index (χ0v) is 12.9. The van der Waals surface area contributed by atoms with Crippen LogP contribution in [0.1, 0.15) is 29.7 Å². The molecule has 0 aliphatic rings. The molecule has 1 atom stereocenters. The van der Waals surface area contributed by atoms with Crippen LogP contribution in [0.15, 0.2) is 42.5 Å². The molecule has 0 amide bonds. The average Bonchev–Trinajstić information content (AvgIpc) is 2.46. The quantitative estimate of drug-likeness (QED) is 0.883. The number of ether oxygens (including phenoxy) is 1. The molecule has 0 heterocycles. The minimum absolute atomic E-state index is 0.0786. The molecule has 0 spiro atoms. The summed E-state index contributed by atoms with van der Waals surface area (Å²) in [6.07, 6.45) is 0. The van der Waals surface area contributed by atoms with Gasteiger partial charge in [-0.1, -0.05) is 42.8 Å². The summed E-state index contributed by atoms with van der Waals surface area (Å²) < 4.78 is 5.49. The highest BCUT2D eigenvalue weighted by Crippen LogP contribution is 2.33. The largest absolute Gasteiger partial charge is 0.496 e. The van der Waals surface area contributed by atoms with Crippen LogP contribution in [-0.4, -0.2) is 13.7 Å². The SMILES string of the molecule is CCNC(c1ccccc1C)c1cc(Cl)ccc1OC. The number of rotatable bonds is 5. The summed E-state index contributed by atoms with van der Waals surface area (Å²) in [5.41, 5.74) is 3.56. The minimum atomic E-state index is 0.0786. The summed E-state index contributed by atoms with van der Waals surface area (Å²) in [7, 11) is 1.69. The van der Waals surface area contributed by atoms with Gasteiger partial charge >= 0.3 is 0 Å². The van der Waals surface area contributed by atoms with Crippen molar-refractivity contribution in [2.24, 2.45) is 0 Å². The Kier molecular flexibility index (Phi) is 5.05. The molecule has 20 heavy (non-hydrogen) atoms. The molecule has 0 aliphatic heterocycles. The second-order valence-electron chi connectivity index (χ2n) is 4.73. The molecule has 0 bridgehead atoms. The number of methoxy groups -OCH3 is 1. The number of hydrogen-bond donors (Lipinski definition) is 1. The summed E-state index contributed by atoms with van der Waals surface area (Å²) in [4.78, 5) is 0. The van der Waals surface area contributed by atoms with E-state index in [1.807, 2.05) is 18.2 Å². The monoisotopic (exact) mass is 289 g/mol. The summed E-state index contributed by atoms with van der Waals surface area (Å²) >= 11 is 6.16. The lowest BCUT2D eigenvalue weighted by Crippen LogP contribution is -2.23. The van der Waals surface area contributed by atoms with Crippen LogP contribution >= 0.6 is 11.6 Å². The van der Waals surface area contributed by atoms with Crippen LogP contribution < -0.4 is 10.1 Å². The summed E-state index contributed by atoms with van der Waals surface area (Å²) in [6.45, 7) is 5.09. The van der Waals surface area contributed by atoms with Crippen LogP contribution in [0.5, 0.6) is 5.75 Å². The van der Waals surface area contributed by atoms with E-state index in [4.69, 9.17) is 16.3 Å². The third-order valence-corrected chi connectivity index (χ3v) is 3.65. The zero-order valence-electron chi connectivity index (χ0n) is 12.1. The van der Waals surface area contributed by atoms with Crippen molar-refractivity contribution in [1.29, 1.82) is 0 Å². The van der Waals surface area contributed by atoms with Crippen molar-refractivity contribution < 1.29 is 4.74 Å². The number of hydrogen-bond acceptors (Lipinski definition) is 2. The molecular weight excluding hydrogens is 270 g/mol. The molecule has 0 aliphatic carbocycles. The molecule has 2 aromatic carbocycles. The molecule has 2 nitrogen and oxygen atoms in total. The number of halogens is 1. The Hall–Kier alpha value is -1.51. The number of nitrogens with one attached hydrogen (secondary N) is 1. The molecule has 0 radical (unpaired) electrons. The van der Waals surface area contributed by atoms with E-state index in [1.165, 1.54) is 11.1 Å². The van der Waals surface area contributed by atoms with Crippen LogP contribution in [0, 0.1) is 6.92 Å². The summed E-state index contributed by atoms with van der Waals surface area (Å²) in [5, 5.41) is 4.24. The van der Waals surface area contributed by atoms with Crippen LogP contribution in [0.3, 0.4) is 0 Å². The Labute approximate surface area is 125 Å². The van der Waals surface area contributed by atoms with Crippen molar-refractivity contribution in [3.8, 4) is 5.75 Å². The molecule has 106 valence electrons. The highest BCUT2D eigenvalue weighted by Gasteiger charge is 2.19. The van der Waals surface area contributed by atoms with Gasteiger partial charge < -0.3 is 10.1 Å². The Morgan fingerprint density at radius 2 is 1.90 bits per heavy atom. The van der Waals surface area contributed by atoms with Gasteiger partial charge in [0.05, 0.1) is 13.2 Å². The van der Waals surface area contributed by atoms with Crippen molar-refractivity contribution in [1.82, 2.24) is 5.32 Å². The zero-order chi connectivity index (χ0) is 14.5. The Morgan fingerprint density at radius 1 is 1.15 bits per heavy atom. The highest BCUT2D eigenvalue weighted by molar-refractivity contribution is 6.30. The fourth-order valence-electron chi connectivity index (χ4n) is 2.43. The molecule has 3 heteroatoms. The molecule has 0 saturated heterocycles. The molecule has 1 unspecified atom stereocenters. The minimum Gasteiger partial charge on any atom is -0.496 e. The third kappa shape index (κ3) is 3.14. The highest BCUT2D eigenvalue weighted by atomic mass is 35.5. The van der Waals surface area contributed by atoms with Gasteiger partial charge in [-0.2, -0.15) is 0 Å². The smallest absolute Gasteiger partial charge is 0.124 e. The Balaban J connectivity index is 2.54. The first-order valence-corrected chi connectivity index (χ1v) is 7.17. The van der Waals surface area contributed by atoms with Crippen molar-refractivity contribution in [2.75, 3.05) is 13.7 Å². The van der Waals surface area contributed by atoms with E-state index in [9.17, 15) is 0 Å². The fourth-order valence-corrected chi connectivity index (χ4v) is 2.61. The molecule has 0 saturated carbocycles. The van der Waals surface area contributed by atoms with Crippen molar-refractivity contribution >= 4 is 11.6 Å². The summed E-state index contributed by atoms with van der Waals surface area (Å²) in [5.74, 6) is 0.851. The van der Waals surface area contributed by atoms with Crippen LogP contribution in [0.2, 0.25) is 5.02 Å². The van der Waals surface area contributed by atoms with Gasteiger partial charge in [0.1, 0.15) is 5.75 Å². The predicted molar refractivity (Wildman–Crippen MR) is 84.7 cm³/mol. The molecule has 0 aromatic heterocycles. The molecule has 0 fully saturated rings. The second-order valence-corrected chi connectivity index (χ2v) is 5.17. The van der Waals surface area contributed by atoms with E-state index in [1.54, 1.807) is 7.11 Å². The van der Waals surface area contributed by atoms with Gasteiger partial charge in [0.25, 0.3) is 0 Å². The van der Waals surface area contributed by atoms with E-state index in [0.29, 0.717) is 0 Å². The fraction of sp³-hybridized carbons (Fsp3) is 0.294. The van der Waals surface area contributed by atoms with E-state index < -0.39 is 0 Å². The molecule has 2 aromatic rings. The third-order valence-electron chi connectivity index (χ3n) is 3.41. The maximum absolute atomic E-state index is 6.16. The van der Waals surface area contributed by atoms with Crippen molar-refractivity contribution in [3.63, 3.8) is 0 Å². The molecule has 1 N–H and O–H groups in total. The van der Waals surface area contributed by atoms with Gasteiger partial charge in [0, 0.05) is 10.6 Å². The van der Waals surface area contributed by atoms with Gasteiger partial charge in [0.2, 0.25) is 0 Å². The van der Waals surface area contributed by atoms with Crippen molar-refractivity contribution in [3.05, 3.63) is 64.2 Å². The molecular formula is C17H20ClNO. The first-order valence-electron chi connectivity index (χ1n) is 6.79. The van der Waals surface area contributed by atoms with E-state index in [-0.39, 0.29) is 6.04 Å². The maximum Gasteiger partial charge on any atom is 0.124 e. The topological polar surface area (TPSA) is 21.3 Å². The lowest BCUT2D eigenvalue weighted by Gasteiger charge is -2.23. The van der Waals surface area contributed by atoms with Gasteiger partial charge in [-0.05, 0) is 42.8 Å². The Morgan fingerprint density at radius 3 is 2.55 bits per heavy atom. The van der Waals surface area contributed by atoms with Crippen LogP contribution in [0.25, 0.3) is 0 Å². The lowest BCUT2D eigenvalue weighted by molar-refractivity contribution is 0.404. The maximum atomic E-state index is 6.16. The first-order chi connectivity index (χ1) is 9.67. The van der Waals surface area contributed by atoms with E-state index in [0.717, 1.165) is 22.9 Å². The lowest BCUT2D eigenvalue weighted by atomic mass is 9.94.